The molecule has 1 amide bonds. The van der Waals surface area contributed by atoms with Gasteiger partial charge in [0.15, 0.2) is 5.43 Å². The highest BCUT2D eigenvalue weighted by molar-refractivity contribution is 9.10. The third-order valence-electron chi connectivity index (χ3n) is 3.73. The molecule has 1 aliphatic heterocycles. The third-order valence-corrected chi connectivity index (χ3v) is 4.16. The Morgan fingerprint density at radius 2 is 2.18 bits per heavy atom. The lowest BCUT2D eigenvalue weighted by atomic mass is 10.2. The van der Waals surface area contributed by atoms with E-state index in [1.807, 2.05) is 4.57 Å². The Labute approximate surface area is 136 Å². The van der Waals surface area contributed by atoms with E-state index in [1.54, 1.807) is 18.5 Å². The Hall–Kier alpha value is -1.73. The maximum absolute atomic E-state index is 12.2. The van der Waals surface area contributed by atoms with E-state index in [4.69, 9.17) is 0 Å². The van der Waals surface area contributed by atoms with E-state index in [0.717, 1.165) is 17.6 Å². The van der Waals surface area contributed by atoms with Gasteiger partial charge >= 0.3 is 0 Å². The third kappa shape index (κ3) is 3.05. The Morgan fingerprint density at radius 1 is 1.36 bits per heavy atom. The largest absolute Gasteiger partial charge is 0.354 e. The zero-order valence-corrected chi connectivity index (χ0v) is 13.6. The highest BCUT2D eigenvalue weighted by Gasteiger charge is 2.16. The van der Waals surface area contributed by atoms with Crippen LogP contribution >= 0.6 is 15.9 Å². The molecule has 7 heteroatoms. The van der Waals surface area contributed by atoms with Crippen molar-refractivity contribution in [1.82, 2.24) is 19.8 Å². The monoisotopic (exact) mass is 363 g/mol. The molecule has 3 rings (SSSR count). The molecule has 0 spiro atoms. The van der Waals surface area contributed by atoms with E-state index in [-0.39, 0.29) is 11.3 Å². The molecule has 1 fully saturated rings. The van der Waals surface area contributed by atoms with Crippen molar-refractivity contribution in [2.45, 2.75) is 6.54 Å². The van der Waals surface area contributed by atoms with Crippen LogP contribution in [0.2, 0.25) is 0 Å². The minimum Gasteiger partial charge on any atom is -0.354 e. The second kappa shape index (κ2) is 6.18. The van der Waals surface area contributed by atoms with Crippen molar-refractivity contribution in [2.75, 3.05) is 26.2 Å². The van der Waals surface area contributed by atoms with Crippen molar-refractivity contribution in [3.8, 4) is 0 Å². The molecule has 115 valence electrons. The first kappa shape index (κ1) is 15.2. The van der Waals surface area contributed by atoms with E-state index in [9.17, 15) is 9.59 Å². The quantitative estimate of drug-likeness (QED) is 0.874. The summed E-state index contributed by atoms with van der Waals surface area (Å²) in [6.07, 6.45) is 3.41. The topological polar surface area (TPSA) is 67.2 Å². The lowest BCUT2D eigenvalue weighted by Crippen LogP contribution is -2.48. The predicted molar refractivity (Wildman–Crippen MR) is 87.6 cm³/mol. The SMILES string of the molecule is [CH2]c1cn(CCN2CCNC(=O)C2)c2ncc(Br)cc2c1=O. The van der Waals surface area contributed by atoms with Crippen molar-refractivity contribution < 1.29 is 4.79 Å². The van der Waals surface area contributed by atoms with Gasteiger partial charge in [-0.1, -0.05) is 0 Å². The van der Waals surface area contributed by atoms with Gasteiger partial charge in [-0.25, -0.2) is 4.98 Å². The van der Waals surface area contributed by atoms with Crippen LogP contribution in [0.1, 0.15) is 5.56 Å². The van der Waals surface area contributed by atoms with Gasteiger partial charge in [0, 0.05) is 48.6 Å². The molecule has 0 aromatic carbocycles. The molecule has 0 bridgehead atoms. The van der Waals surface area contributed by atoms with E-state index >= 15 is 0 Å². The van der Waals surface area contributed by atoms with Gasteiger partial charge in [0.05, 0.1) is 11.9 Å². The zero-order valence-electron chi connectivity index (χ0n) is 12.0. The molecule has 3 heterocycles. The molecule has 6 nitrogen and oxygen atoms in total. The number of halogens is 1. The van der Waals surface area contributed by atoms with Gasteiger partial charge in [0.25, 0.3) is 0 Å². The first-order valence-electron chi connectivity index (χ1n) is 7.04. The number of carbonyl (C=O) groups is 1. The molecule has 1 N–H and O–H groups in total. The van der Waals surface area contributed by atoms with Crippen LogP contribution in [0.15, 0.2) is 27.7 Å². The maximum Gasteiger partial charge on any atom is 0.234 e. The first-order valence-corrected chi connectivity index (χ1v) is 7.83. The number of amides is 1. The number of carbonyl (C=O) groups excluding carboxylic acids is 1. The van der Waals surface area contributed by atoms with Gasteiger partial charge in [-0.15, -0.1) is 0 Å². The van der Waals surface area contributed by atoms with Crippen LogP contribution in [0, 0.1) is 6.92 Å². The fourth-order valence-corrected chi connectivity index (χ4v) is 2.94. The molecule has 0 unspecified atom stereocenters. The van der Waals surface area contributed by atoms with Crippen molar-refractivity contribution in [3.05, 3.63) is 45.6 Å². The number of nitrogens with zero attached hydrogens (tertiary/aromatic N) is 3. The Balaban J connectivity index is 1.89. The highest BCUT2D eigenvalue weighted by Crippen LogP contribution is 2.15. The number of fused-ring (bicyclic) bond motifs is 1. The molecular weight excluding hydrogens is 348 g/mol. The average Bonchev–Trinajstić information content (AvgIpc) is 2.49. The Morgan fingerprint density at radius 3 is 2.95 bits per heavy atom. The summed E-state index contributed by atoms with van der Waals surface area (Å²) in [5.41, 5.74) is 0.989. The Bertz CT molecular complexity index is 787. The molecule has 2 aromatic heterocycles. The molecule has 0 aliphatic carbocycles. The summed E-state index contributed by atoms with van der Waals surface area (Å²) in [7, 11) is 0. The van der Waals surface area contributed by atoms with Crippen LogP contribution in [-0.2, 0) is 11.3 Å². The lowest BCUT2D eigenvalue weighted by molar-refractivity contribution is -0.124. The van der Waals surface area contributed by atoms with Crippen molar-refractivity contribution in [1.29, 1.82) is 0 Å². The fraction of sp³-hybridized carbons (Fsp3) is 0.333. The van der Waals surface area contributed by atoms with Gasteiger partial charge < -0.3 is 9.88 Å². The summed E-state index contributed by atoms with van der Waals surface area (Å²) < 4.78 is 2.69. The minimum atomic E-state index is -0.0996. The molecular formula is C15H16BrN4O2. The zero-order chi connectivity index (χ0) is 15.7. The van der Waals surface area contributed by atoms with E-state index in [1.165, 1.54) is 0 Å². The van der Waals surface area contributed by atoms with Gasteiger partial charge in [0.2, 0.25) is 5.91 Å². The average molecular weight is 364 g/mol. The summed E-state index contributed by atoms with van der Waals surface area (Å²) in [5.74, 6) is 0.0518. The van der Waals surface area contributed by atoms with Gasteiger partial charge in [-0.3, -0.25) is 14.5 Å². The molecule has 1 aliphatic rings. The second-order valence-electron chi connectivity index (χ2n) is 5.33. The van der Waals surface area contributed by atoms with Gasteiger partial charge in [-0.2, -0.15) is 0 Å². The van der Waals surface area contributed by atoms with Crippen LogP contribution in [0.3, 0.4) is 0 Å². The summed E-state index contributed by atoms with van der Waals surface area (Å²) in [6, 6.07) is 1.77. The summed E-state index contributed by atoms with van der Waals surface area (Å²) >= 11 is 3.34. The second-order valence-corrected chi connectivity index (χ2v) is 6.24. The number of hydrogen-bond acceptors (Lipinski definition) is 4. The molecule has 0 saturated carbocycles. The van der Waals surface area contributed by atoms with Gasteiger partial charge in [0.1, 0.15) is 5.65 Å². The molecule has 2 aromatic rings. The predicted octanol–water partition coefficient (Wildman–Crippen LogP) is 0.773. The van der Waals surface area contributed by atoms with Crippen molar-refractivity contribution in [2.24, 2.45) is 0 Å². The lowest BCUT2D eigenvalue weighted by Gasteiger charge is -2.26. The standard InChI is InChI=1S/C15H16BrN4O2/c1-10-8-20(5-4-19-3-2-17-13(21)9-19)15-12(14(10)22)6-11(16)7-18-15/h6-8H,1-5,9H2,(H,17,21). The number of piperazine rings is 1. The van der Waals surface area contributed by atoms with Crippen LogP contribution in [0.25, 0.3) is 11.0 Å². The van der Waals surface area contributed by atoms with Gasteiger partial charge in [-0.05, 0) is 28.9 Å². The van der Waals surface area contributed by atoms with Crippen LogP contribution in [0.4, 0.5) is 0 Å². The van der Waals surface area contributed by atoms with Crippen LogP contribution in [0.5, 0.6) is 0 Å². The molecule has 1 saturated heterocycles. The maximum atomic E-state index is 12.2. The summed E-state index contributed by atoms with van der Waals surface area (Å²) in [4.78, 5) is 30.0. The van der Waals surface area contributed by atoms with Crippen molar-refractivity contribution in [3.63, 3.8) is 0 Å². The Kier molecular flexibility index (Phi) is 4.26. The number of pyridine rings is 2. The normalized spacial score (nSPS) is 16.0. The fourth-order valence-electron chi connectivity index (χ4n) is 2.61. The van der Waals surface area contributed by atoms with E-state index in [2.05, 4.69) is 38.1 Å². The number of rotatable bonds is 3. The smallest absolute Gasteiger partial charge is 0.234 e. The number of aromatic nitrogens is 2. The highest BCUT2D eigenvalue weighted by atomic mass is 79.9. The first-order chi connectivity index (χ1) is 10.5. The minimum absolute atomic E-state index is 0.0518. The molecule has 0 atom stereocenters. The van der Waals surface area contributed by atoms with Crippen molar-refractivity contribution >= 4 is 32.9 Å². The van der Waals surface area contributed by atoms with E-state index in [0.29, 0.717) is 36.2 Å². The van der Waals surface area contributed by atoms with Crippen LogP contribution in [-0.4, -0.2) is 46.5 Å². The number of hydrogen-bond donors (Lipinski definition) is 1. The molecule has 22 heavy (non-hydrogen) atoms. The summed E-state index contributed by atoms with van der Waals surface area (Å²) in [5, 5.41) is 3.36. The van der Waals surface area contributed by atoms with E-state index < -0.39 is 0 Å². The van der Waals surface area contributed by atoms with Crippen LogP contribution < -0.4 is 10.7 Å². The summed E-state index contributed by atoms with van der Waals surface area (Å²) in [6.45, 7) is 7.11. The molecule has 1 radical (unpaired) electrons. The number of nitrogens with one attached hydrogen (secondary N) is 1.